The highest BCUT2D eigenvalue weighted by atomic mass is 16.5. The Bertz CT molecular complexity index is 916. The summed E-state index contributed by atoms with van der Waals surface area (Å²) in [5, 5.41) is 14.9. The van der Waals surface area contributed by atoms with Gasteiger partial charge in [0.15, 0.2) is 11.5 Å². The van der Waals surface area contributed by atoms with Crippen molar-refractivity contribution in [3.8, 4) is 0 Å². The summed E-state index contributed by atoms with van der Waals surface area (Å²) in [6.07, 6.45) is 2.02. The Morgan fingerprint density at radius 1 is 1.40 bits per heavy atom. The van der Waals surface area contributed by atoms with Crippen LogP contribution in [0, 0.1) is 6.92 Å². The number of H-pyrrole nitrogens is 2. The van der Waals surface area contributed by atoms with Crippen molar-refractivity contribution in [2.24, 2.45) is 0 Å². The monoisotopic (exact) mass is 341 g/mol. The molecule has 2 N–H and O–H groups in total. The van der Waals surface area contributed by atoms with Crippen molar-refractivity contribution in [3.63, 3.8) is 0 Å². The van der Waals surface area contributed by atoms with Gasteiger partial charge >= 0.3 is 0 Å². The summed E-state index contributed by atoms with van der Waals surface area (Å²) in [6, 6.07) is 1.83. The van der Waals surface area contributed by atoms with E-state index in [4.69, 9.17) is 4.74 Å². The van der Waals surface area contributed by atoms with Gasteiger partial charge in [-0.3, -0.25) is 15.0 Å². The highest BCUT2D eigenvalue weighted by Crippen LogP contribution is 2.22. The van der Waals surface area contributed by atoms with Gasteiger partial charge in [0.1, 0.15) is 11.9 Å². The lowest BCUT2D eigenvalue weighted by Crippen LogP contribution is -2.42. The van der Waals surface area contributed by atoms with Crippen LogP contribution < -0.4 is 0 Å². The van der Waals surface area contributed by atoms with Crippen molar-refractivity contribution in [2.45, 2.75) is 26.4 Å². The molecule has 1 aliphatic heterocycles. The molecule has 4 rings (SSSR count). The first-order valence-corrected chi connectivity index (χ1v) is 8.28. The maximum atomic E-state index is 12.9. The molecule has 9 nitrogen and oxygen atoms in total. The van der Waals surface area contributed by atoms with E-state index in [2.05, 4.69) is 30.4 Å². The summed E-state index contributed by atoms with van der Waals surface area (Å²) < 4.78 is 5.75. The number of hydrogen-bond donors (Lipinski definition) is 2. The van der Waals surface area contributed by atoms with Crippen LogP contribution in [0.1, 0.15) is 40.7 Å². The molecule has 1 aliphatic rings. The molecule has 1 fully saturated rings. The smallest absolute Gasteiger partial charge is 0.255 e. The summed E-state index contributed by atoms with van der Waals surface area (Å²) in [5.74, 6) is 1.33. The number of amides is 1. The number of aromatic amines is 2. The van der Waals surface area contributed by atoms with Gasteiger partial charge in [0.2, 0.25) is 0 Å². The third-order valence-corrected chi connectivity index (χ3v) is 4.37. The second-order valence-electron chi connectivity index (χ2n) is 6.05. The molecule has 9 heteroatoms. The van der Waals surface area contributed by atoms with E-state index in [1.807, 2.05) is 19.9 Å². The lowest BCUT2D eigenvalue weighted by Gasteiger charge is -2.31. The fourth-order valence-corrected chi connectivity index (χ4v) is 2.92. The van der Waals surface area contributed by atoms with Gasteiger partial charge in [0, 0.05) is 30.2 Å². The first-order chi connectivity index (χ1) is 12.2. The van der Waals surface area contributed by atoms with Crippen LogP contribution in [-0.4, -0.2) is 60.9 Å². The Kier molecular flexibility index (Phi) is 3.92. The zero-order chi connectivity index (χ0) is 17.4. The first-order valence-electron chi connectivity index (χ1n) is 8.28. The molecule has 0 saturated carbocycles. The largest absolute Gasteiger partial charge is 0.366 e. The number of carbonyl (C=O) groups is 1. The lowest BCUT2D eigenvalue weighted by molar-refractivity contribution is -0.0266. The van der Waals surface area contributed by atoms with E-state index in [-0.39, 0.29) is 12.0 Å². The summed E-state index contributed by atoms with van der Waals surface area (Å²) >= 11 is 0. The molecule has 0 spiro atoms. The molecule has 0 radical (unpaired) electrons. The van der Waals surface area contributed by atoms with Gasteiger partial charge in [0.05, 0.1) is 18.7 Å². The van der Waals surface area contributed by atoms with E-state index >= 15 is 0 Å². The number of nitrogens with zero attached hydrogens (tertiary/aromatic N) is 5. The normalized spacial score (nSPS) is 18.0. The second kappa shape index (κ2) is 6.25. The minimum Gasteiger partial charge on any atom is -0.366 e. The standard InChI is InChI=1S/C16H19N7O2/c1-3-13-18-15(22-20-13)12-8-23(4-5-25-12)16(24)10-6-11-9(2)19-21-14(11)17-7-10/h6-7,12H,3-5,8H2,1-2H3,(H,17,19,21)(H,18,20,22)/t12-/m1/s1. The second-order valence-corrected chi connectivity index (χ2v) is 6.05. The quantitative estimate of drug-likeness (QED) is 0.739. The number of nitrogens with one attached hydrogen (secondary N) is 2. The molecular weight excluding hydrogens is 322 g/mol. The van der Waals surface area contributed by atoms with Crippen molar-refractivity contribution in [1.29, 1.82) is 0 Å². The van der Waals surface area contributed by atoms with Crippen molar-refractivity contribution >= 4 is 16.9 Å². The van der Waals surface area contributed by atoms with Crippen LogP contribution in [0.2, 0.25) is 0 Å². The highest BCUT2D eigenvalue weighted by molar-refractivity contribution is 5.97. The molecule has 130 valence electrons. The van der Waals surface area contributed by atoms with Crippen LogP contribution in [0.4, 0.5) is 0 Å². The third kappa shape index (κ3) is 2.86. The Morgan fingerprint density at radius 3 is 3.08 bits per heavy atom. The number of hydrogen-bond acceptors (Lipinski definition) is 6. The summed E-state index contributed by atoms with van der Waals surface area (Å²) in [5.41, 5.74) is 2.05. The number of aryl methyl sites for hydroxylation is 2. The predicted octanol–water partition coefficient (Wildman–Crippen LogP) is 1.16. The van der Waals surface area contributed by atoms with E-state index in [9.17, 15) is 4.79 Å². The minimum atomic E-state index is -0.318. The number of morpholine rings is 1. The number of ether oxygens (including phenoxy) is 1. The van der Waals surface area contributed by atoms with Gasteiger partial charge in [-0.05, 0) is 13.0 Å². The van der Waals surface area contributed by atoms with Gasteiger partial charge in [-0.2, -0.15) is 10.2 Å². The summed E-state index contributed by atoms with van der Waals surface area (Å²) in [6.45, 7) is 5.31. The molecule has 3 aromatic rings. The maximum Gasteiger partial charge on any atom is 0.255 e. The molecular formula is C16H19N7O2. The van der Waals surface area contributed by atoms with Crippen LogP contribution >= 0.6 is 0 Å². The number of carbonyl (C=O) groups excluding carboxylic acids is 1. The van der Waals surface area contributed by atoms with E-state index < -0.39 is 0 Å². The summed E-state index contributed by atoms with van der Waals surface area (Å²) in [4.78, 5) is 23.3. The number of aromatic nitrogens is 6. The zero-order valence-corrected chi connectivity index (χ0v) is 14.1. The third-order valence-electron chi connectivity index (χ3n) is 4.37. The fraction of sp³-hybridized carbons (Fsp3) is 0.438. The average molecular weight is 341 g/mol. The van der Waals surface area contributed by atoms with Crippen LogP contribution in [0.5, 0.6) is 0 Å². The molecule has 0 bridgehead atoms. The predicted molar refractivity (Wildman–Crippen MR) is 89.0 cm³/mol. The zero-order valence-electron chi connectivity index (χ0n) is 14.1. The van der Waals surface area contributed by atoms with Crippen molar-refractivity contribution in [3.05, 3.63) is 35.2 Å². The molecule has 0 unspecified atom stereocenters. The summed E-state index contributed by atoms with van der Waals surface area (Å²) in [7, 11) is 0. The van der Waals surface area contributed by atoms with E-state index in [1.54, 1.807) is 11.1 Å². The first kappa shape index (κ1) is 15.7. The highest BCUT2D eigenvalue weighted by Gasteiger charge is 2.29. The Labute approximate surface area is 143 Å². The molecule has 4 heterocycles. The molecule has 3 aromatic heterocycles. The molecule has 1 saturated heterocycles. The van der Waals surface area contributed by atoms with Crippen LogP contribution in [0.25, 0.3) is 11.0 Å². The lowest BCUT2D eigenvalue weighted by atomic mass is 10.1. The van der Waals surface area contributed by atoms with Crippen molar-refractivity contribution in [2.75, 3.05) is 19.7 Å². The molecule has 25 heavy (non-hydrogen) atoms. The van der Waals surface area contributed by atoms with Crippen molar-refractivity contribution in [1.82, 2.24) is 35.3 Å². The van der Waals surface area contributed by atoms with Gasteiger partial charge in [0.25, 0.3) is 5.91 Å². The molecule has 0 aliphatic carbocycles. The topological polar surface area (TPSA) is 113 Å². The van der Waals surface area contributed by atoms with Gasteiger partial charge < -0.3 is 9.64 Å². The van der Waals surface area contributed by atoms with Crippen LogP contribution in [-0.2, 0) is 11.2 Å². The Balaban J connectivity index is 1.55. The Morgan fingerprint density at radius 2 is 2.28 bits per heavy atom. The van der Waals surface area contributed by atoms with Gasteiger partial charge in [-0.25, -0.2) is 9.97 Å². The van der Waals surface area contributed by atoms with Crippen molar-refractivity contribution < 1.29 is 9.53 Å². The molecule has 1 atom stereocenters. The minimum absolute atomic E-state index is 0.0745. The number of pyridine rings is 1. The van der Waals surface area contributed by atoms with Crippen LogP contribution in [0.3, 0.4) is 0 Å². The number of fused-ring (bicyclic) bond motifs is 1. The van der Waals surface area contributed by atoms with Crippen LogP contribution in [0.15, 0.2) is 12.3 Å². The number of rotatable bonds is 3. The molecule has 1 amide bonds. The average Bonchev–Trinajstić information content (AvgIpc) is 3.28. The van der Waals surface area contributed by atoms with E-state index in [0.29, 0.717) is 36.7 Å². The fourth-order valence-electron chi connectivity index (χ4n) is 2.92. The Hall–Kier alpha value is -2.81. The van der Waals surface area contributed by atoms with Gasteiger partial charge in [-0.15, -0.1) is 0 Å². The van der Waals surface area contributed by atoms with Gasteiger partial charge in [-0.1, -0.05) is 6.92 Å². The molecule has 0 aromatic carbocycles. The van der Waals surface area contributed by atoms with E-state index in [0.717, 1.165) is 23.3 Å². The van der Waals surface area contributed by atoms with E-state index in [1.165, 1.54) is 0 Å². The SMILES string of the molecule is CCc1nc([C@H]2CN(C(=O)c3cnc4n[nH]c(C)c4c3)CCO2)n[nH]1. The maximum absolute atomic E-state index is 12.9.